The Morgan fingerprint density at radius 3 is 2.77 bits per heavy atom. The number of nitrogens with zero attached hydrogens (tertiary/aromatic N) is 4. The standard InChI is InChI=1S/C16H11ClN4O/c1-22-15-5-3-2-4-12(15)13-8-10-6-7-11(17)9-14(10)21-16(13)18-19-20-21/h2-9H,1H3. The van der Waals surface area contributed by atoms with Crippen molar-refractivity contribution in [1.82, 2.24) is 20.0 Å². The number of methoxy groups -OCH3 is 1. The molecule has 0 aliphatic heterocycles. The van der Waals surface area contributed by atoms with Gasteiger partial charge in [-0.3, -0.25) is 0 Å². The zero-order chi connectivity index (χ0) is 15.1. The van der Waals surface area contributed by atoms with Gasteiger partial charge in [0.25, 0.3) is 0 Å². The van der Waals surface area contributed by atoms with Crippen LogP contribution in [0.2, 0.25) is 5.02 Å². The second kappa shape index (κ2) is 4.96. The highest BCUT2D eigenvalue weighted by Crippen LogP contribution is 2.34. The Kier molecular flexibility index (Phi) is 2.94. The van der Waals surface area contributed by atoms with Crippen molar-refractivity contribution in [2.45, 2.75) is 0 Å². The molecule has 0 fully saturated rings. The van der Waals surface area contributed by atoms with Gasteiger partial charge in [0.2, 0.25) is 0 Å². The number of tetrazole rings is 1. The van der Waals surface area contributed by atoms with Gasteiger partial charge in [0.1, 0.15) is 5.75 Å². The van der Waals surface area contributed by atoms with Gasteiger partial charge in [0, 0.05) is 21.5 Å². The van der Waals surface area contributed by atoms with E-state index in [9.17, 15) is 0 Å². The van der Waals surface area contributed by atoms with E-state index in [4.69, 9.17) is 16.3 Å². The normalized spacial score (nSPS) is 11.2. The van der Waals surface area contributed by atoms with E-state index in [0.717, 1.165) is 27.8 Å². The topological polar surface area (TPSA) is 52.3 Å². The van der Waals surface area contributed by atoms with Crippen LogP contribution < -0.4 is 4.74 Å². The molecule has 108 valence electrons. The highest BCUT2D eigenvalue weighted by molar-refractivity contribution is 6.31. The van der Waals surface area contributed by atoms with Crippen molar-refractivity contribution in [1.29, 1.82) is 0 Å². The van der Waals surface area contributed by atoms with Crippen LogP contribution in [0, 0.1) is 0 Å². The first-order valence-electron chi connectivity index (χ1n) is 6.71. The highest BCUT2D eigenvalue weighted by Gasteiger charge is 2.14. The molecule has 0 radical (unpaired) electrons. The Morgan fingerprint density at radius 2 is 1.91 bits per heavy atom. The Bertz CT molecular complexity index is 996. The summed E-state index contributed by atoms with van der Waals surface area (Å²) in [7, 11) is 1.65. The van der Waals surface area contributed by atoms with Crippen molar-refractivity contribution in [2.24, 2.45) is 0 Å². The van der Waals surface area contributed by atoms with Crippen molar-refractivity contribution in [2.75, 3.05) is 7.11 Å². The minimum absolute atomic E-state index is 0.648. The van der Waals surface area contributed by atoms with Crippen LogP contribution in [0.3, 0.4) is 0 Å². The van der Waals surface area contributed by atoms with Crippen LogP contribution in [0.25, 0.3) is 27.7 Å². The molecule has 2 aromatic carbocycles. The van der Waals surface area contributed by atoms with E-state index >= 15 is 0 Å². The predicted octanol–water partition coefficient (Wildman–Crippen LogP) is 3.61. The lowest BCUT2D eigenvalue weighted by Gasteiger charge is -2.10. The number of pyridine rings is 1. The molecule has 0 saturated heterocycles. The Morgan fingerprint density at radius 1 is 1.05 bits per heavy atom. The largest absolute Gasteiger partial charge is 0.496 e. The minimum Gasteiger partial charge on any atom is -0.496 e. The van der Waals surface area contributed by atoms with Crippen LogP contribution in [0.5, 0.6) is 5.75 Å². The number of rotatable bonds is 2. The van der Waals surface area contributed by atoms with Crippen molar-refractivity contribution in [3.8, 4) is 16.9 Å². The van der Waals surface area contributed by atoms with E-state index in [2.05, 4.69) is 21.6 Å². The summed E-state index contributed by atoms with van der Waals surface area (Å²) in [6.07, 6.45) is 0. The van der Waals surface area contributed by atoms with Crippen LogP contribution in [-0.4, -0.2) is 27.2 Å². The van der Waals surface area contributed by atoms with Gasteiger partial charge in [-0.15, -0.1) is 5.10 Å². The third kappa shape index (κ3) is 1.90. The summed E-state index contributed by atoms with van der Waals surface area (Å²) in [4.78, 5) is 0. The van der Waals surface area contributed by atoms with Crippen molar-refractivity contribution >= 4 is 28.2 Å². The van der Waals surface area contributed by atoms with Gasteiger partial charge in [0.15, 0.2) is 5.65 Å². The first kappa shape index (κ1) is 13.0. The van der Waals surface area contributed by atoms with Crippen molar-refractivity contribution < 1.29 is 4.74 Å². The molecular formula is C16H11ClN4O. The van der Waals surface area contributed by atoms with E-state index in [1.165, 1.54) is 0 Å². The van der Waals surface area contributed by atoms with Crippen LogP contribution >= 0.6 is 11.6 Å². The lowest BCUT2D eigenvalue weighted by molar-refractivity contribution is 0.416. The molecule has 22 heavy (non-hydrogen) atoms. The van der Waals surface area contributed by atoms with Crippen molar-refractivity contribution in [3.05, 3.63) is 53.6 Å². The molecule has 0 spiro atoms. The van der Waals surface area contributed by atoms with E-state index in [-0.39, 0.29) is 0 Å². The molecule has 6 heteroatoms. The SMILES string of the molecule is COc1ccccc1-c1cc2ccc(Cl)cc2n2nnnc12. The third-order valence-electron chi connectivity index (χ3n) is 3.63. The molecule has 0 N–H and O–H groups in total. The zero-order valence-electron chi connectivity index (χ0n) is 11.7. The van der Waals surface area contributed by atoms with Crippen LogP contribution in [0.1, 0.15) is 0 Å². The molecule has 0 amide bonds. The number of para-hydroxylation sites is 1. The number of benzene rings is 2. The average Bonchev–Trinajstić information content (AvgIpc) is 3.04. The number of hydrogen-bond donors (Lipinski definition) is 0. The van der Waals surface area contributed by atoms with Gasteiger partial charge >= 0.3 is 0 Å². The maximum absolute atomic E-state index is 6.09. The van der Waals surface area contributed by atoms with Gasteiger partial charge in [0.05, 0.1) is 12.6 Å². The fourth-order valence-electron chi connectivity index (χ4n) is 2.63. The molecule has 0 aliphatic carbocycles. The van der Waals surface area contributed by atoms with Gasteiger partial charge in [-0.2, -0.15) is 4.52 Å². The third-order valence-corrected chi connectivity index (χ3v) is 3.86. The van der Waals surface area contributed by atoms with E-state index < -0.39 is 0 Å². The molecule has 0 bridgehead atoms. The molecule has 0 saturated carbocycles. The lowest BCUT2D eigenvalue weighted by atomic mass is 10.0. The molecule has 0 atom stereocenters. The van der Waals surface area contributed by atoms with Gasteiger partial charge in [-0.1, -0.05) is 35.9 Å². The van der Waals surface area contributed by atoms with Crippen LogP contribution in [0.4, 0.5) is 0 Å². The van der Waals surface area contributed by atoms with Crippen LogP contribution in [0.15, 0.2) is 48.5 Å². The predicted molar refractivity (Wildman–Crippen MR) is 85.3 cm³/mol. The molecule has 0 unspecified atom stereocenters. The molecule has 2 aromatic heterocycles. The maximum Gasteiger partial charge on any atom is 0.187 e. The second-order valence-electron chi connectivity index (χ2n) is 4.88. The summed E-state index contributed by atoms with van der Waals surface area (Å²) in [5.41, 5.74) is 3.39. The smallest absolute Gasteiger partial charge is 0.187 e. The maximum atomic E-state index is 6.09. The first-order chi connectivity index (χ1) is 10.8. The number of halogens is 1. The van der Waals surface area contributed by atoms with Crippen LogP contribution in [-0.2, 0) is 0 Å². The van der Waals surface area contributed by atoms with Gasteiger partial charge < -0.3 is 4.74 Å². The molecule has 0 aliphatic rings. The molecule has 5 nitrogen and oxygen atoms in total. The van der Waals surface area contributed by atoms with Gasteiger partial charge in [-0.25, -0.2) is 0 Å². The van der Waals surface area contributed by atoms with E-state index in [1.807, 2.05) is 42.5 Å². The number of ether oxygens (including phenoxy) is 1. The van der Waals surface area contributed by atoms with E-state index in [0.29, 0.717) is 10.7 Å². The summed E-state index contributed by atoms with van der Waals surface area (Å²) in [6, 6.07) is 15.5. The summed E-state index contributed by atoms with van der Waals surface area (Å²) in [5.74, 6) is 0.778. The molecule has 2 heterocycles. The second-order valence-corrected chi connectivity index (χ2v) is 5.31. The van der Waals surface area contributed by atoms with Gasteiger partial charge in [-0.05, 0) is 34.7 Å². The first-order valence-corrected chi connectivity index (χ1v) is 7.09. The molecule has 4 rings (SSSR count). The fourth-order valence-corrected chi connectivity index (χ4v) is 2.79. The summed E-state index contributed by atoms with van der Waals surface area (Å²) < 4.78 is 7.15. The monoisotopic (exact) mass is 310 g/mol. The summed E-state index contributed by atoms with van der Waals surface area (Å²) >= 11 is 6.09. The Hall–Kier alpha value is -2.66. The Labute approximate surface area is 131 Å². The zero-order valence-corrected chi connectivity index (χ0v) is 12.4. The van der Waals surface area contributed by atoms with E-state index in [1.54, 1.807) is 11.6 Å². The number of fused-ring (bicyclic) bond motifs is 3. The number of aromatic nitrogens is 4. The summed E-state index contributed by atoms with van der Waals surface area (Å²) in [5, 5.41) is 13.7. The summed E-state index contributed by atoms with van der Waals surface area (Å²) in [6.45, 7) is 0. The number of hydrogen-bond acceptors (Lipinski definition) is 4. The lowest BCUT2D eigenvalue weighted by Crippen LogP contribution is -1.95. The fraction of sp³-hybridized carbons (Fsp3) is 0.0625. The minimum atomic E-state index is 0.648. The highest BCUT2D eigenvalue weighted by atomic mass is 35.5. The van der Waals surface area contributed by atoms with Crippen molar-refractivity contribution in [3.63, 3.8) is 0 Å². The molecular weight excluding hydrogens is 300 g/mol. The quantitative estimate of drug-likeness (QED) is 0.567. The molecule has 4 aromatic rings. The Balaban J connectivity index is 2.13. The average molecular weight is 311 g/mol.